The predicted octanol–water partition coefficient (Wildman–Crippen LogP) is 3.26. The number of ketones is 1. The minimum absolute atomic E-state index is 0.0226. The van der Waals surface area contributed by atoms with Crippen molar-refractivity contribution in [3.05, 3.63) is 54.1 Å². The van der Waals surface area contributed by atoms with Crippen molar-refractivity contribution >= 4 is 11.9 Å². The Hall–Kier alpha value is -1.63. The monoisotopic (exact) mass is 186 g/mol. The largest absolute Gasteiger partial charge is 0.289 e. The molecule has 0 bridgehead atoms. The Morgan fingerprint density at radius 2 is 2.14 bits per heavy atom. The van der Waals surface area contributed by atoms with Crippen LogP contribution in [-0.4, -0.2) is 5.78 Å². The van der Waals surface area contributed by atoms with Gasteiger partial charge in [-0.2, -0.15) is 0 Å². The number of hydrogen-bond acceptors (Lipinski definition) is 1. The van der Waals surface area contributed by atoms with Gasteiger partial charge < -0.3 is 0 Å². The predicted molar refractivity (Wildman–Crippen MR) is 60.4 cm³/mol. The number of benzene rings is 1. The smallest absolute Gasteiger partial charge is 0.185 e. The highest BCUT2D eigenvalue weighted by Crippen LogP contribution is 2.14. The van der Waals surface area contributed by atoms with E-state index < -0.39 is 0 Å². The zero-order valence-corrected chi connectivity index (χ0v) is 8.42. The van der Waals surface area contributed by atoms with Crippen LogP contribution in [0.1, 0.15) is 28.4 Å². The van der Waals surface area contributed by atoms with Crippen LogP contribution >= 0.6 is 0 Å². The molecule has 0 amide bonds. The molecule has 0 fully saturated rings. The van der Waals surface area contributed by atoms with Crippen LogP contribution in [0.5, 0.6) is 0 Å². The number of hydrogen-bond donors (Lipinski definition) is 0. The van der Waals surface area contributed by atoms with E-state index in [4.69, 9.17) is 0 Å². The third-order valence-electron chi connectivity index (χ3n) is 2.20. The highest BCUT2D eigenvalue weighted by Gasteiger charge is 2.06. The summed E-state index contributed by atoms with van der Waals surface area (Å²) >= 11 is 0. The van der Waals surface area contributed by atoms with Crippen LogP contribution in [0.2, 0.25) is 0 Å². The number of carbonyl (C=O) groups excluding carboxylic acids is 1. The summed E-state index contributed by atoms with van der Waals surface area (Å²) in [7, 11) is 0. The lowest BCUT2D eigenvalue weighted by Gasteiger charge is -2.05. The summed E-state index contributed by atoms with van der Waals surface area (Å²) in [6.45, 7) is 9.20. The first kappa shape index (κ1) is 10.5. The average molecular weight is 186 g/mol. The number of allylic oxidation sites excluding steroid dienone is 1. The summed E-state index contributed by atoms with van der Waals surface area (Å²) in [5.74, 6) is -0.0226. The van der Waals surface area contributed by atoms with Crippen molar-refractivity contribution in [2.45, 2.75) is 13.3 Å². The van der Waals surface area contributed by atoms with E-state index in [1.807, 2.05) is 25.1 Å². The summed E-state index contributed by atoms with van der Waals surface area (Å²) in [6.07, 6.45) is 3.94. The van der Waals surface area contributed by atoms with E-state index in [2.05, 4.69) is 13.2 Å². The highest BCUT2D eigenvalue weighted by molar-refractivity contribution is 6.05. The van der Waals surface area contributed by atoms with Crippen LogP contribution in [0, 0.1) is 0 Å². The topological polar surface area (TPSA) is 17.1 Å². The molecule has 72 valence electrons. The molecular formula is C13H14O. The van der Waals surface area contributed by atoms with E-state index in [9.17, 15) is 4.79 Å². The molecule has 0 aromatic heterocycles. The number of aryl methyl sites for hydroxylation is 1. The van der Waals surface area contributed by atoms with Crippen molar-refractivity contribution in [2.75, 3.05) is 0 Å². The molecular weight excluding hydrogens is 172 g/mol. The van der Waals surface area contributed by atoms with Crippen LogP contribution in [-0.2, 0) is 6.42 Å². The van der Waals surface area contributed by atoms with Gasteiger partial charge in [0.15, 0.2) is 5.78 Å². The second-order valence-corrected chi connectivity index (χ2v) is 3.04. The Kier molecular flexibility index (Phi) is 3.41. The molecule has 14 heavy (non-hydrogen) atoms. The van der Waals surface area contributed by atoms with Crippen LogP contribution in [0.3, 0.4) is 0 Å². The lowest BCUT2D eigenvalue weighted by molar-refractivity contribution is 0.104. The average Bonchev–Trinajstić information content (AvgIpc) is 2.27. The van der Waals surface area contributed by atoms with Crippen LogP contribution in [0.25, 0.3) is 6.08 Å². The Morgan fingerprint density at radius 3 is 2.64 bits per heavy atom. The molecule has 1 nitrogen and oxygen atoms in total. The van der Waals surface area contributed by atoms with Crippen LogP contribution < -0.4 is 0 Å². The summed E-state index contributed by atoms with van der Waals surface area (Å²) in [5, 5.41) is 0. The first-order chi connectivity index (χ1) is 6.72. The van der Waals surface area contributed by atoms with Crippen LogP contribution in [0.4, 0.5) is 0 Å². The van der Waals surface area contributed by atoms with Gasteiger partial charge in [0.1, 0.15) is 0 Å². The van der Waals surface area contributed by atoms with E-state index in [1.54, 1.807) is 6.08 Å². The maximum atomic E-state index is 11.5. The van der Waals surface area contributed by atoms with Gasteiger partial charge in [0.05, 0.1) is 0 Å². The fourth-order valence-electron chi connectivity index (χ4n) is 1.37. The summed E-state index contributed by atoms with van der Waals surface area (Å²) in [6, 6.07) is 5.79. The minimum Gasteiger partial charge on any atom is -0.289 e. The molecule has 1 heteroatoms. The Morgan fingerprint density at radius 1 is 1.43 bits per heavy atom. The maximum absolute atomic E-state index is 11.5. The summed E-state index contributed by atoms with van der Waals surface area (Å²) in [5.41, 5.74) is 2.76. The molecule has 0 radical (unpaired) electrons. The van der Waals surface area contributed by atoms with Gasteiger partial charge in [-0.15, -0.1) is 0 Å². The first-order valence-electron chi connectivity index (χ1n) is 4.65. The number of rotatable bonds is 4. The zero-order chi connectivity index (χ0) is 10.6. The molecule has 0 saturated carbocycles. The van der Waals surface area contributed by atoms with Gasteiger partial charge in [0.2, 0.25) is 0 Å². The van der Waals surface area contributed by atoms with Gasteiger partial charge in [-0.1, -0.05) is 38.3 Å². The Bertz CT molecular complexity index is 375. The third kappa shape index (κ3) is 1.99. The Labute approximate surface area is 84.8 Å². The van der Waals surface area contributed by atoms with Crippen molar-refractivity contribution in [2.24, 2.45) is 0 Å². The van der Waals surface area contributed by atoms with Gasteiger partial charge in [-0.3, -0.25) is 4.79 Å². The minimum atomic E-state index is -0.0226. The van der Waals surface area contributed by atoms with E-state index in [-0.39, 0.29) is 5.78 Å². The summed E-state index contributed by atoms with van der Waals surface area (Å²) in [4.78, 5) is 11.5. The zero-order valence-electron chi connectivity index (χ0n) is 8.42. The molecule has 0 spiro atoms. The highest BCUT2D eigenvalue weighted by atomic mass is 16.1. The van der Waals surface area contributed by atoms with Crippen molar-refractivity contribution in [3.8, 4) is 0 Å². The molecule has 0 saturated heterocycles. The molecule has 0 aliphatic carbocycles. The maximum Gasteiger partial charge on any atom is 0.185 e. The fourth-order valence-corrected chi connectivity index (χ4v) is 1.37. The molecule has 1 aromatic carbocycles. The van der Waals surface area contributed by atoms with E-state index >= 15 is 0 Å². The Balaban J connectivity index is 3.27. The van der Waals surface area contributed by atoms with Gasteiger partial charge in [0, 0.05) is 5.56 Å². The lowest BCUT2D eigenvalue weighted by Crippen LogP contribution is -2.00. The molecule has 1 aromatic rings. The second-order valence-electron chi connectivity index (χ2n) is 3.04. The van der Waals surface area contributed by atoms with Crippen molar-refractivity contribution in [1.29, 1.82) is 0 Å². The van der Waals surface area contributed by atoms with Crippen molar-refractivity contribution < 1.29 is 4.79 Å². The second kappa shape index (κ2) is 4.56. The van der Waals surface area contributed by atoms with Crippen molar-refractivity contribution in [3.63, 3.8) is 0 Å². The van der Waals surface area contributed by atoms with E-state index in [1.165, 1.54) is 6.08 Å². The molecule has 1 rings (SSSR count). The fraction of sp³-hybridized carbons (Fsp3) is 0.154. The molecule has 0 N–H and O–H groups in total. The molecule has 0 aliphatic rings. The molecule has 0 unspecified atom stereocenters. The standard InChI is InChI=1S/C13H14O/c1-4-10-7-8-11(5-2)12(9-10)13(14)6-3/h4,6-9H,1,3,5H2,2H3. The lowest BCUT2D eigenvalue weighted by atomic mass is 9.99. The van der Waals surface area contributed by atoms with E-state index in [0.29, 0.717) is 0 Å². The molecule has 0 atom stereocenters. The SMILES string of the molecule is C=CC(=O)c1cc(C=C)ccc1CC. The normalized spacial score (nSPS) is 9.50. The van der Waals surface area contributed by atoms with Crippen molar-refractivity contribution in [1.82, 2.24) is 0 Å². The van der Waals surface area contributed by atoms with Gasteiger partial charge in [0.25, 0.3) is 0 Å². The molecule has 0 aliphatic heterocycles. The van der Waals surface area contributed by atoms with E-state index in [0.717, 1.165) is 23.1 Å². The summed E-state index contributed by atoms with van der Waals surface area (Å²) < 4.78 is 0. The quantitative estimate of drug-likeness (QED) is 0.521. The first-order valence-corrected chi connectivity index (χ1v) is 4.65. The third-order valence-corrected chi connectivity index (χ3v) is 2.20. The number of carbonyl (C=O) groups is 1. The van der Waals surface area contributed by atoms with Crippen LogP contribution in [0.15, 0.2) is 37.4 Å². The van der Waals surface area contributed by atoms with Gasteiger partial charge >= 0.3 is 0 Å². The van der Waals surface area contributed by atoms with Gasteiger partial charge in [-0.25, -0.2) is 0 Å². The molecule has 0 heterocycles. The van der Waals surface area contributed by atoms with Gasteiger partial charge in [-0.05, 0) is 29.7 Å².